The molecule has 15 heavy (non-hydrogen) atoms. The van der Waals surface area contributed by atoms with Gasteiger partial charge in [0.05, 0.1) is 11.2 Å². The number of benzene rings is 1. The summed E-state index contributed by atoms with van der Waals surface area (Å²) >= 11 is 0. The van der Waals surface area contributed by atoms with Crippen LogP contribution in [0.25, 0.3) is 10.9 Å². The summed E-state index contributed by atoms with van der Waals surface area (Å²) in [5.74, 6) is 2.63. The van der Waals surface area contributed by atoms with Crippen LogP contribution in [0.3, 0.4) is 0 Å². The SMILES string of the molecule is C#CCCNc1cccc2ccn(C)c12. The molecule has 0 saturated carbocycles. The molecular formula is C13H14N2. The molecule has 0 radical (unpaired) electrons. The highest BCUT2D eigenvalue weighted by molar-refractivity contribution is 5.91. The smallest absolute Gasteiger partial charge is 0.0713 e. The molecule has 1 heterocycles. The third-order valence-electron chi connectivity index (χ3n) is 2.48. The standard InChI is InChI=1S/C13H14N2/c1-3-4-9-14-12-7-5-6-11-8-10-15(2)13(11)12/h1,5-8,10,14H,4,9H2,2H3. The zero-order valence-corrected chi connectivity index (χ0v) is 8.83. The van der Waals surface area contributed by atoms with E-state index >= 15 is 0 Å². The Balaban J connectivity index is 2.34. The van der Waals surface area contributed by atoms with Gasteiger partial charge >= 0.3 is 0 Å². The average molecular weight is 198 g/mol. The summed E-state index contributed by atoms with van der Waals surface area (Å²) in [6, 6.07) is 8.36. The minimum absolute atomic E-state index is 0.751. The van der Waals surface area contributed by atoms with Gasteiger partial charge in [-0.1, -0.05) is 12.1 Å². The largest absolute Gasteiger partial charge is 0.382 e. The van der Waals surface area contributed by atoms with Crippen LogP contribution in [0.2, 0.25) is 0 Å². The van der Waals surface area contributed by atoms with Gasteiger partial charge in [0.25, 0.3) is 0 Å². The van der Waals surface area contributed by atoms with Crippen molar-refractivity contribution < 1.29 is 0 Å². The molecule has 0 atom stereocenters. The molecule has 2 nitrogen and oxygen atoms in total. The Kier molecular flexibility index (Phi) is 2.64. The molecule has 2 rings (SSSR count). The first-order valence-electron chi connectivity index (χ1n) is 5.04. The van der Waals surface area contributed by atoms with Crippen molar-refractivity contribution in [3.63, 3.8) is 0 Å². The normalized spacial score (nSPS) is 10.1. The Bertz CT molecular complexity index is 503. The van der Waals surface area contributed by atoms with Crippen LogP contribution in [0.5, 0.6) is 0 Å². The fourth-order valence-electron chi connectivity index (χ4n) is 1.77. The Labute approximate surface area is 89.9 Å². The van der Waals surface area contributed by atoms with Crippen LogP contribution in [0, 0.1) is 12.3 Å². The molecule has 0 bridgehead atoms. The maximum absolute atomic E-state index is 5.22. The van der Waals surface area contributed by atoms with Crippen LogP contribution < -0.4 is 5.32 Å². The summed E-state index contributed by atoms with van der Waals surface area (Å²) in [4.78, 5) is 0. The van der Waals surface area contributed by atoms with Crippen molar-refractivity contribution in [3.8, 4) is 12.3 Å². The maximum atomic E-state index is 5.22. The van der Waals surface area contributed by atoms with Gasteiger partial charge in [-0.2, -0.15) is 0 Å². The van der Waals surface area contributed by atoms with Gasteiger partial charge < -0.3 is 9.88 Å². The number of hydrogen-bond acceptors (Lipinski definition) is 1. The van der Waals surface area contributed by atoms with E-state index in [-0.39, 0.29) is 0 Å². The van der Waals surface area contributed by atoms with E-state index in [4.69, 9.17) is 6.42 Å². The van der Waals surface area contributed by atoms with Crippen LogP contribution in [-0.4, -0.2) is 11.1 Å². The van der Waals surface area contributed by atoms with Crippen molar-refractivity contribution >= 4 is 16.6 Å². The van der Waals surface area contributed by atoms with Crippen molar-refractivity contribution in [1.29, 1.82) is 0 Å². The van der Waals surface area contributed by atoms with Gasteiger partial charge in [-0.05, 0) is 12.1 Å². The van der Waals surface area contributed by atoms with Crippen LogP contribution in [0.15, 0.2) is 30.5 Å². The molecule has 0 aliphatic carbocycles. The van der Waals surface area contributed by atoms with E-state index in [0.717, 1.165) is 18.7 Å². The van der Waals surface area contributed by atoms with Gasteiger partial charge in [-0.15, -0.1) is 12.3 Å². The van der Waals surface area contributed by atoms with Crippen molar-refractivity contribution in [2.24, 2.45) is 7.05 Å². The molecule has 1 N–H and O–H groups in total. The van der Waals surface area contributed by atoms with E-state index in [2.05, 4.69) is 53.3 Å². The lowest BCUT2D eigenvalue weighted by atomic mass is 10.2. The average Bonchev–Trinajstić information content (AvgIpc) is 2.62. The van der Waals surface area contributed by atoms with Gasteiger partial charge in [0.1, 0.15) is 0 Å². The first-order chi connectivity index (χ1) is 7.33. The second-order valence-electron chi connectivity index (χ2n) is 3.55. The minimum Gasteiger partial charge on any atom is -0.382 e. The van der Waals surface area contributed by atoms with Crippen molar-refractivity contribution in [2.75, 3.05) is 11.9 Å². The Morgan fingerprint density at radius 1 is 1.40 bits per heavy atom. The molecule has 2 aromatic rings. The molecule has 0 fully saturated rings. The third-order valence-corrected chi connectivity index (χ3v) is 2.48. The molecule has 0 unspecified atom stereocenters. The van der Waals surface area contributed by atoms with Gasteiger partial charge in [-0.25, -0.2) is 0 Å². The first-order valence-corrected chi connectivity index (χ1v) is 5.04. The number of anilines is 1. The molecule has 2 heteroatoms. The minimum atomic E-state index is 0.751. The second-order valence-corrected chi connectivity index (χ2v) is 3.55. The second kappa shape index (κ2) is 4.10. The van der Waals surface area contributed by atoms with Crippen molar-refractivity contribution in [1.82, 2.24) is 4.57 Å². The molecule has 0 spiro atoms. The monoisotopic (exact) mass is 198 g/mol. The molecule has 76 valence electrons. The van der Waals surface area contributed by atoms with Crippen molar-refractivity contribution in [3.05, 3.63) is 30.5 Å². The predicted molar refractivity (Wildman–Crippen MR) is 64.9 cm³/mol. The lowest BCUT2D eigenvalue weighted by Gasteiger charge is -2.07. The van der Waals surface area contributed by atoms with E-state index in [1.54, 1.807) is 0 Å². The van der Waals surface area contributed by atoms with E-state index in [0.29, 0.717) is 0 Å². The Morgan fingerprint density at radius 3 is 3.07 bits per heavy atom. The van der Waals surface area contributed by atoms with Gasteiger partial charge in [0, 0.05) is 31.6 Å². The number of rotatable bonds is 3. The van der Waals surface area contributed by atoms with Gasteiger partial charge in [-0.3, -0.25) is 0 Å². The van der Waals surface area contributed by atoms with Crippen LogP contribution in [0.1, 0.15) is 6.42 Å². The van der Waals surface area contributed by atoms with E-state index in [1.165, 1.54) is 10.9 Å². The topological polar surface area (TPSA) is 17.0 Å². The third kappa shape index (κ3) is 1.82. The highest BCUT2D eigenvalue weighted by atomic mass is 15.0. The summed E-state index contributed by atoms with van der Waals surface area (Å²) in [6.07, 6.45) is 8.04. The van der Waals surface area contributed by atoms with Gasteiger partial charge in [0.15, 0.2) is 0 Å². The summed E-state index contributed by atoms with van der Waals surface area (Å²) in [6.45, 7) is 0.820. The van der Waals surface area contributed by atoms with E-state index in [9.17, 15) is 0 Å². The fraction of sp³-hybridized carbons (Fsp3) is 0.231. The Hall–Kier alpha value is -1.88. The van der Waals surface area contributed by atoms with E-state index in [1.807, 2.05) is 0 Å². The zero-order valence-electron chi connectivity index (χ0n) is 8.83. The molecule has 1 aromatic carbocycles. The molecular weight excluding hydrogens is 184 g/mol. The number of nitrogens with zero attached hydrogens (tertiary/aromatic N) is 1. The molecule has 0 aliphatic heterocycles. The predicted octanol–water partition coefficient (Wildman–Crippen LogP) is 2.61. The van der Waals surface area contributed by atoms with E-state index < -0.39 is 0 Å². The number of aromatic nitrogens is 1. The highest BCUT2D eigenvalue weighted by Gasteiger charge is 2.02. The number of nitrogens with one attached hydrogen (secondary N) is 1. The quantitative estimate of drug-likeness (QED) is 0.592. The number of terminal acetylenes is 1. The number of fused-ring (bicyclic) bond motifs is 1. The van der Waals surface area contributed by atoms with Crippen LogP contribution in [-0.2, 0) is 7.05 Å². The highest BCUT2D eigenvalue weighted by Crippen LogP contribution is 2.23. The maximum Gasteiger partial charge on any atom is 0.0713 e. The summed E-state index contributed by atoms with van der Waals surface area (Å²) in [5, 5.41) is 4.61. The number of hydrogen-bond donors (Lipinski definition) is 1. The fourth-order valence-corrected chi connectivity index (χ4v) is 1.77. The first kappa shape index (κ1) is 9.67. The van der Waals surface area contributed by atoms with Crippen LogP contribution >= 0.6 is 0 Å². The van der Waals surface area contributed by atoms with Gasteiger partial charge in [0.2, 0.25) is 0 Å². The zero-order chi connectivity index (χ0) is 10.7. The summed E-state index contributed by atoms with van der Waals surface area (Å²) in [5.41, 5.74) is 2.38. The molecule has 0 saturated heterocycles. The lowest BCUT2D eigenvalue weighted by molar-refractivity contribution is 0.967. The molecule has 1 aromatic heterocycles. The molecule has 0 aliphatic rings. The Morgan fingerprint density at radius 2 is 2.27 bits per heavy atom. The summed E-state index contributed by atoms with van der Waals surface area (Å²) < 4.78 is 2.12. The number of para-hydroxylation sites is 1. The summed E-state index contributed by atoms with van der Waals surface area (Å²) in [7, 11) is 2.05. The number of aryl methyl sites for hydroxylation is 1. The lowest BCUT2D eigenvalue weighted by Crippen LogP contribution is -2.02. The van der Waals surface area contributed by atoms with Crippen LogP contribution in [0.4, 0.5) is 5.69 Å². The molecule has 0 amide bonds. The van der Waals surface area contributed by atoms with Crippen molar-refractivity contribution in [2.45, 2.75) is 6.42 Å².